The van der Waals surface area contributed by atoms with Gasteiger partial charge < -0.3 is 17.3 Å². The Labute approximate surface area is 416 Å². The third kappa shape index (κ3) is 147. The minimum absolute atomic E-state index is 0. The van der Waals surface area contributed by atoms with Crippen LogP contribution in [0, 0.1) is 25.2 Å². The van der Waals surface area contributed by atoms with E-state index >= 15 is 0 Å². The van der Waals surface area contributed by atoms with Crippen LogP contribution in [0.25, 0.3) is 0 Å². The Balaban J connectivity index is -0.0000000452. The zero-order chi connectivity index (χ0) is 43.2. The molecule has 2 aliphatic rings. The van der Waals surface area contributed by atoms with Crippen LogP contribution >= 0.6 is 0 Å². The maximum atomic E-state index is 10.1. The molecule has 0 bridgehead atoms. The zero-order valence-electron chi connectivity index (χ0n) is 42.9. The van der Waals surface area contributed by atoms with Crippen LogP contribution in [0.5, 0.6) is 0 Å². The molecule has 342 valence electrons. The summed E-state index contributed by atoms with van der Waals surface area (Å²) in [5.74, 6) is 2.98. The molecule has 0 aromatic heterocycles. The summed E-state index contributed by atoms with van der Waals surface area (Å²) in [4.78, 5) is 8.81. The van der Waals surface area contributed by atoms with E-state index in [4.69, 9.17) is 4.79 Å². The van der Waals surface area contributed by atoms with Gasteiger partial charge in [0, 0.05) is 20.4 Å². The summed E-state index contributed by atoms with van der Waals surface area (Å²) in [7, 11) is 0. The van der Waals surface area contributed by atoms with Gasteiger partial charge in [-0.05, 0) is 77.6 Å². The Kier molecular flexibility index (Phi) is 126. The van der Waals surface area contributed by atoms with Gasteiger partial charge in [0.1, 0.15) is 6.29 Å². The molecular weight excluding hydrogens is 802 g/mol. The normalized spacial score (nSPS) is 15.8. The fraction of sp³-hybridized carbons (Fsp3) is 0.808. The van der Waals surface area contributed by atoms with Crippen LogP contribution in [0.15, 0.2) is 49.1 Å². The first kappa shape index (κ1) is 84.4. The minimum Gasteiger partial charge on any atom is -0.850 e. The van der Waals surface area contributed by atoms with E-state index in [0.717, 1.165) is 24.0 Å². The van der Waals surface area contributed by atoms with Crippen molar-refractivity contribution in [3.8, 4) is 0 Å². The van der Waals surface area contributed by atoms with Gasteiger partial charge in [0.2, 0.25) is 0 Å². The predicted octanol–water partition coefficient (Wildman–Crippen LogP) is 15.5. The number of carbonyl (C=O) groups is 1. The maximum Gasteiger partial charge on any atom is 1.00 e. The van der Waals surface area contributed by atoms with Gasteiger partial charge in [-0.2, -0.15) is 0 Å². The third-order valence-electron chi connectivity index (χ3n) is 7.75. The van der Waals surface area contributed by atoms with Gasteiger partial charge in [-0.3, -0.25) is 0 Å². The standard InChI is InChI=1S/C8H16.C8H14.C6H14.2C6H12.C5H12.C4H9O.C4H10.C2H4O.C2H4.CH3.K.Pd/c2*1-7-3-5-8(2)6-4-7;3*1-3-5-6-4-2;1-3-5-4-2;1-4(2,3)5;1-3-4-2;1-2-3;1-2;;;/h7-8H,3-6H2,1-2H3;3,8H,4-6H2,1-2H3;3-6H2,1-2H3;2*3,5H,4,6H2,1-2H3;3-5H2,1-2H3;1-3H3;3-4H2,1-2H3;2H,1H3;1-2H2;1H3;;/q;;;;;;-1;;;;-1;+1;/b;;;2*5-3+;;;;;;;;. The van der Waals surface area contributed by atoms with Crippen LogP contribution in [0.4, 0.5) is 0 Å². The first-order chi connectivity index (χ1) is 25.1. The van der Waals surface area contributed by atoms with Crippen LogP contribution < -0.4 is 56.5 Å². The van der Waals surface area contributed by atoms with Crippen LogP contribution in [-0.2, 0) is 25.2 Å². The molecule has 56 heavy (non-hydrogen) atoms. The van der Waals surface area contributed by atoms with Crippen LogP contribution in [0.2, 0.25) is 0 Å². The minimum atomic E-state index is -0.750. The SMILES string of the molecule is C/C=C/CCC.C/C=C/CCC.C=C.CC(C)(C)[O-].CC1=CCC(C)CC1.CC1CCC(C)CC1.CC=O.CCCC.CCCCC.CCCCCC.[CH3-].[K+].[Pd]. The molecule has 0 amide bonds. The van der Waals surface area contributed by atoms with E-state index < -0.39 is 5.60 Å². The molecule has 0 aliphatic heterocycles. The summed E-state index contributed by atoms with van der Waals surface area (Å²) in [5.41, 5.74) is 0.836. The zero-order valence-corrected chi connectivity index (χ0v) is 47.6. The quantitative estimate of drug-likeness (QED) is 0.0720. The van der Waals surface area contributed by atoms with Gasteiger partial charge in [-0.1, -0.05) is 229 Å². The molecule has 2 nitrogen and oxygen atoms in total. The van der Waals surface area contributed by atoms with Gasteiger partial charge in [0.05, 0.1) is 0 Å². The van der Waals surface area contributed by atoms with E-state index in [9.17, 15) is 5.11 Å². The number of hydrogen-bond donors (Lipinski definition) is 0. The van der Waals surface area contributed by atoms with E-state index in [1.165, 1.54) is 135 Å². The average Bonchev–Trinajstić information content (AvgIpc) is 3.13. The smallest absolute Gasteiger partial charge is 0.850 e. The van der Waals surface area contributed by atoms with E-state index in [1.807, 2.05) is 0 Å². The van der Waals surface area contributed by atoms with Gasteiger partial charge >= 0.3 is 51.4 Å². The number of unbranched alkanes of at least 4 members (excludes halogenated alkanes) is 8. The number of carbonyl (C=O) groups excluding carboxylic acids is 1. The van der Waals surface area contributed by atoms with E-state index in [2.05, 4.69) is 140 Å². The van der Waals surface area contributed by atoms with Crippen molar-refractivity contribution in [2.45, 2.75) is 259 Å². The van der Waals surface area contributed by atoms with E-state index in [0.29, 0.717) is 0 Å². The Morgan fingerprint density at radius 1 is 0.625 bits per heavy atom. The van der Waals surface area contributed by atoms with Crippen LogP contribution in [0.3, 0.4) is 0 Å². The molecule has 1 unspecified atom stereocenters. The van der Waals surface area contributed by atoms with E-state index in [1.54, 1.807) is 26.3 Å². The Morgan fingerprint density at radius 3 is 1.04 bits per heavy atom. The number of aldehydes is 1. The summed E-state index contributed by atoms with van der Waals surface area (Å²) in [5, 5.41) is 10.1. The Morgan fingerprint density at radius 2 is 0.911 bits per heavy atom. The van der Waals surface area contributed by atoms with E-state index in [-0.39, 0.29) is 79.2 Å². The molecule has 0 N–H and O–H groups in total. The molecule has 4 heteroatoms. The molecule has 1 atom stereocenters. The van der Waals surface area contributed by atoms with Gasteiger partial charge in [-0.15, -0.1) is 18.8 Å². The first-order valence-corrected chi connectivity index (χ1v) is 22.5. The molecular formula is C52H110KO2Pd-. The third-order valence-corrected chi connectivity index (χ3v) is 7.75. The van der Waals surface area contributed by atoms with Gasteiger partial charge in [0.25, 0.3) is 0 Å². The summed E-state index contributed by atoms with van der Waals surface area (Å²) in [6, 6.07) is 0. The van der Waals surface area contributed by atoms with Gasteiger partial charge in [-0.25, -0.2) is 0 Å². The molecule has 0 aromatic carbocycles. The molecule has 0 aromatic rings. The Bertz CT molecular complexity index is 620. The second-order valence-corrected chi connectivity index (χ2v) is 15.4. The summed E-state index contributed by atoms with van der Waals surface area (Å²) < 4.78 is 0. The fourth-order valence-electron chi connectivity index (χ4n) is 4.04. The topological polar surface area (TPSA) is 40.1 Å². The molecule has 2 rings (SSSR count). The number of allylic oxidation sites excluding steroid dienone is 6. The number of rotatable bonds is 10. The summed E-state index contributed by atoms with van der Waals surface area (Å²) in [6.07, 6.45) is 38.9. The van der Waals surface area contributed by atoms with Crippen molar-refractivity contribution in [2.24, 2.45) is 17.8 Å². The fourth-order valence-corrected chi connectivity index (χ4v) is 4.04. The van der Waals surface area contributed by atoms with Crippen molar-refractivity contribution in [2.75, 3.05) is 0 Å². The van der Waals surface area contributed by atoms with Crippen molar-refractivity contribution in [3.63, 3.8) is 0 Å². The first-order valence-electron chi connectivity index (χ1n) is 22.5. The molecule has 0 radical (unpaired) electrons. The molecule has 0 spiro atoms. The Hall–Kier alpha value is 0.889. The second-order valence-electron chi connectivity index (χ2n) is 15.4. The maximum absolute atomic E-state index is 10.1. The monoisotopic (exact) mass is 912 g/mol. The van der Waals surface area contributed by atoms with Crippen molar-refractivity contribution in [1.82, 2.24) is 0 Å². The summed E-state index contributed by atoms with van der Waals surface area (Å²) in [6.45, 7) is 43.3. The van der Waals surface area contributed by atoms with Crippen molar-refractivity contribution in [1.29, 1.82) is 0 Å². The molecule has 0 saturated heterocycles. The van der Waals surface area contributed by atoms with Crippen molar-refractivity contribution >= 4 is 6.29 Å². The second kappa shape index (κ2) is 83.6. The molecule has 1 saturated carbocycles. The molecule has 1 fully saturated rings. The van der Waals surface area contributed by atoms with Crippen molar-refractivity contribution in [3.05, 3.63) is 56.5 Å². The van der Waals surface area contributed by atoms with Crippen LogP contribution in [0.1, 0.15) is 253 Å². The molecule has 2 aliphatic carbocycles. The molecule has 0 heterocycles. The van der Waals surface area contributed by atoms with Gasteiger partial charge in [0.15, 0.2) is 0 Å². The number of hydrogen-bond acceptors (Lipinski definition) is 2. The van der Waals surface area contributed by atoms with Crippen LogP contribution in [-0.4, -0.2) is 11.9 Å². The average molecular weight is 913 g/mol. The summed E-state index contributed by atoms with van der Waals surface area (Å²) >= 11 is 0. The van der Waals surface area contributed by atoms with Crippen molar-refractivity contribution < 1.29 is 81.7 Å². The predicted molar refractivity (Wildman–Crippen MR) is 258 cm³/mol. The largest absolute Gasteiger partial charge is 1.00 e.